The molecule has 3 aromatic rings. The Labute approximate surface area is 211 Å². The molecule has 0 aliphatic carbocycles. The molecule has 5 nitrogen and oxygen atoms in total. The van der Waals surface area contributed by atoms with E-state index in [0.29, 0.717) is 11.1 Å². The monoisotopic (exact) mass is 486 g/mol. The number of halogens is 1. The van der Waals surface area contributed by atoms with Crippen molar-refractivity contribution >= 4 is 23.1 Å². The topological polar surface area (TPSA) is 60.9 Å². The molecule has 186 valence electrons. The molecule has 4 rings (SSSR count). The minimum absolute atomic E-state index is 0.0574. The van der Waals surface area contributed by atoms with Gasteiger partial charge in [0.1, 0.15) is 11.6 Å². The lowest BCUT2D eigenvalue weighted by Crippen LogP contribution is -2.29. The maximum absolute atomic E-state index is 13.5. The van der Waals surface area contributed by atoms with Crippen molar-refractivity contribution < 1.29 is 19.1 Å². The van der Waals surface area contributed by atoms with E-state index < -0.39 is 17.7 Å². The van der Waals surface area contributed by atoms with Crippen LogP contribution in [0.25, 0.3) is 5.76 Å². The first-order valence-corrected chi connectivity index (χ1v) is 12.3. The van der Waals surface area contributed by atoms with E-state index in [1.165, 1.54) is 17.0 Å². The Balaban J connectivity index is 1.81. The highest BCUT2D eigenvalue weighted by atomic mass is 19.1. The Morgan fingerprint density at radius 3 is 2.00 bits per heavy atom. The number of benzene rings is 3. The molecule has 0 aromatic heterocycles. The first-order chi connectivity index (χ1) is 17.4. The lowest BCUT2D eigenvalue weighted by Gasteiger charge is -2.27. The fourth-order valence-corrected chi connectivity index (χ4v) is 4.69. The van der Waals surface area contributed by atoms with Crippen molar-refractivity contribution in [2.24, 2.45) is 0 Å². The molecule has 36 heavy (non-hydrogen) atoms. The number of nitrogens with zero attached hydrogens (tertiary/aromatic N) is 2. The van der Waals surface area contributed by atoms with E-state index in [9.17, 15) is 19.1 Å². The molecular formula is C30H31FN2O3. The third-order valence-corrected chi connectivity index (χ3v) is 6.78. The van der Waals surface area contributed by atoms with Gasteiger partial charge in [0, 0.05) is 30.9 Å². The Kier molecular flexibility index (Phi) is 7.53. The summed E-state index contributed by atoms with van der Waals surface area (Å²) in [6.07, 6.45) is 0.849. The summed E-state index contributed by atoms with van der Waals surface area (Å²) in [7, 11) is 0. The summed E-state index contributed by atoms with van der Waals surface area (Å²) in [6, 6.07) is 20.1. The van der Waals surface area contributed by atoms with Gasteiger partial charge >= 0.3 is 0 Å². The standard InChI is InChI=1S/C30H31FN2O3/c1-4-20-7-11-23(12-8-20)28(34)26-27(22-13-17-25(18-14-22)32(5-2)6-3)33(30(36)29(26)35)19-21-9-15-24(31)16-10-21/h7-18,27,34H,4-6,19H2,1-3H3/b28-26-. The number of aliphatic hydroxyl groups excluding tert-OH is 1. The van der Waals surface area contributed by atoms with Gasteiger partial charge in [-0.05, 0) is 61.2 Å². The number of amides is 1. The Morgan fingerprint density at radius 1 is 0.861 bits per heavy atom. The summed E-state index contributed by atoms with van der Waals surface area (Å²) in [5.74, 6) is -1.99. The van der Waals surface area contributed by atoms with Crippen LogP contribution in [0, 0.1) is 5.82 Å². The highest BCUT2D eigenvalue weighted by molar-refractivity contribution is 6.46. The first kappa shape index (κ1) is 25.2. The molecule has 1 aliphatic heterocycles. The van der Waals surface area contributed by atoms with Gasteiger partial charge in [-0.15, -0.1) is 0 Å². The van der Waals surface area contributed by atoms with Crippen LogP contribution in [0.5, 0.6) is 0 Å². The predicted octanol–water partition coefficient (Wildman–Crippen LogP) is 5.86. The number of rotatable bonds is 8. The summed E-state index contributed by atoms with van der Waals surface area (Å²) < 4.78 is 13.5. The number of aryl methyl sites for hydroxylation is 1. The summed E-state index contributed by atoms with van der Waals surface area (Å²) in [5.41, 5.74) is 4.09. The van der Waals surface area contributed by atoms with Crippen molar-refractivity contribution in [2.75, 3.05) is 18.0 Å². The number of aliphatic hydroxyl groups is 1. The van der Waals surface area contributed by atoms with Gasteiger partial charge in [-0.1, -0.05) is 55.5 Å². The third-order valence-electron chi connectivity index (χ3n) is 6.78. The number of Topliss-reactive ketones (excluding diaryl/α,β-unsaturated/α-hetero) is 1. The van der Waals surface area contributed by atoms with Crippen LogP contribution < -0.4 is 4.90 Å². The molecule has 1 atom stereocenters. The smallest absolute Gasteiger partial charge is 0.295 e. The third kappa shape index (κ3) is 4.89. The van der Waals surface area contributed by atoms with Crippen LogP contribution in [0.15, 0.2) is 78.4 Å². The number of hydrogen-bond acceptors (Lipinski definition) is 4. The Hall–Kier alpha value is -3.93. The van der Waals surface area contributed by atoms with Crippen LogP contribution in [-0.4, -0.2) is 34.8 Å². The average Bonchev–Trinajstić information content (AvgIpc) is 3.15. The fraction of sp³-hybridized carbons (Fsp3) is 0.267. The van der Waals surface area contributed by atoms with E-state index in [4.69, 9.17) is 0 Å². The van der Waals surface area contributed by atoms with E-state index in [1.807, 2.05) is 43.3 Å². The first-order valence-electron chi connectivity index (χ1n) is 12.3. The molecule has 1 heterocycles. The number of anilines is 1. The van der Waals surface area contributed by atoms with Crippen LogP contribution in [0.3, 0.4) is 0 Å². The van der Waals surface area contributed by atoms with E-state index in [2.05, 4.69) is 18.7 Å². The molecule has 1 aliphatic rings. The molecule has 0 bridgehead atoms. The molecule has 1 unspecified atom stereocenters. The van der Waals surface area contributed by atoms with Gasteiger partial charge < -0.3 is 14.9 Å². The van der Waals surface area contributed by atoms with Gasteiger partial charge in [0.05, 0.1) is 11.6 Å². The number of ketones is 1. The van der Waals surface area contributed by atoms with Crippen LogP contribution in [0.4, 0.5) is 10.1 Å². The molecule has 0 radical (unpaired) electrons. The van der Waals surface area contributed by atoms with E-state index >= 15 is 0 Å². The number of carbonyl (C=O) groups is 2. The Morgan fingerprint density at radius 2 is 1.44 bits per heavy atom. The quantitative estimate of drug-likeness (QED) is 0.246. The van der Waals surface area contributed by atoms with Gasteiger partial charge in [-0.25, -0.2) is 4.39 Å². The zero-order valence-electron chi connectivity index (χ0n) is 20.9. The van der Waals surface area contributed by atoms with Crippen LogP contribution in [0.1, 0.15) is 49.1 Å². The molecular weight excluding hydrogens is 455 g/mol. The number of likely N-dealkylation sites (tertiary alicyclic amines) is 1. The Bertz CT molecular complexity index is 1260. The molecule has 6 heteroatoms. The second-order valence-corrected chi connectivity index (χ2v) is 8.87. The fourth-order valence-electron chi connectivity index (χ4n) is 4.69. The van der Waals surface area contributed by atoms with Crippen LogP contribution >= 0.6 is 0 Å². The predicted molar refractivity (Wildman–Crippen MR) is 140 cm³/mol. The lowest BCUT2D eigenvalue weighted by molar-refractivity contribution is -0.140. The van der Waals surface area contributed by atoms with Gasteiger partial charge in [0.2, 0.25) is 0 Å². The number of carbonyl (C=O) groups excluding carboxylic acids is 2. The van der Waals surface area contributed by atoms with Crippen molar-refractivity contribution in [3.8, 4) is 0 Å². The number of hydrogen-bond donors (Lipinski definition) is 1. The molecule has 0 saturated carbocycles. The van der Waals surface area contributed by atoms with Crippen molar-refractivity contribution in [2.45, 2.75) is 39.8 Å². The summed E-state index contributed by atoms with van der Waals surface area (Å²) in [6.45, 7) is 8.02. The molecule has 1 N–H and O–H groups in total. The van der Waals surface area contributed by atoms with E-state index in [-0.39, 0.29) is 23.7 Å². The van der Waals surface area contributed by atoms with Crippen molar-refractivity contribution in [1.82, 2.24) is 4.90 Å². The van der Waals surface area contributed by atoms with Crippen LogP contribution in [0.2, 0.25) is 0 Å². The summed E-state index contributed by atoms with van der Waals surface area (Å²) in [4.78, 5) is 30.2. The van der Waals surface area contributed by atoms with E-state index in [0.717, 1.165) is 36.3 Å². The molecule has 3 aromatic carbocycles. The van der Waals surface area contributed by atoms with Gasteiger partial charge in [-0.2, -0.15) is 0 Å². The van der Waals surface area contributed by atoms with Gasteiger partial charge in [0.25, 0.3) is 11.7 Å². The maximum atomic E-state index is 13.5. The van der Waals surface area contributed by atoms with Crippen molar-refractivity contribution in [1.29, 1.82) is 0 Å². The minimum atomic E-state index is -0.772. The second kappa shape index (κ2) is 10.8. The largest absolute Gasteiger partial charge is 0.507 e. The van der Waals surface area contributed by atoms with Crippen LogP contribution in [-0.2, 0) is 22.6 Å². The van der Waals surface area contributed by atoms with Crippen molar-refractivity contribution in [3.05, 3.63) is 106 Å². The SMILES string of the molecule is CCc1ccc(/C(O)=C2/C(=O)C(=O)N(Cc3ccc(F)cc3)C2c2ccc(N(CC)CC)cc2)cc1. The molecule has 0 spiro atoms. The van der Waals surface area contributed by atoms with E-state index in [1.54, 1.807) is 24.3 Å². The lowest BCUT2D eigenvalue weighted by atomic mass is 9.94. The molecule has 1 saturated heterocycles. The highest BCUT2D eigenvalue weighted by Crippen LogP contribution is 2.40. The summed E-state index contributed by atoms with van der Waals surface area (Å²) >= 11 is 0. The zero-order valence-corrected chi connectivity index (χ0v) is 20.9. The summed E-state index contributed by atoms with van der Waals surface area (Å²) in [5, 5.41) is 11.3. The van der Waals surface area contributed by atoms with Gasteiger partial charge in [0.15, 0.2) is 0 Å². The second-order valence-electron chi connectivity index (χ2n) is 8.87. The maximum Gasteiger partial charge on any atom is 0.295 e. The zero-order chi connectivity index (χ0) is 25.8. The van der Waals surface area contributed by atoms with Gasteiger partial charge in [-0.3, -0.25) is 9.59 Å². The molecule has 1 fully saturated rings. The minimum Gasteiger partial charge on any atom is -0.507 e. The normalized spacial score (nSPS) is 17.0. The molecule has 1 amide bonds. The average molecular weight is 487 g/mol. The van der Waals surface area contributed by atoms with Crippen molar-refractivity contribution in [3.63, 3.8) is 0 Å². The highest BCUT2D eigenvalue weighted by Gasteiger charge is 2.46.